The van der Waals surface area contributed by atoms with E-state index in [1.165, 1.54) is 10.8 Å². The predicted molar refractivity (Wildman–Crippen MR) is 92.3 cm³/mol. The summed E-state index contributed by atoms with van der Waals surface area (Å²) in [7, 11) is 0. The molecule has 1 atom stereocenters. The Kier molecular flexibility index (Phi) is 4.57. The van der Waals surface area contributed by atoms with E-state index in [2.05, 4.69) is 29.6 Å². The van der Waals surface area contributed by atoms with Crippen LogP contribution in [0, 0.1) is 0 Å². The maximum absolute atomic E-state index is 12.1. The minimum atomic E-state index is -0.530. The van der Waals surface area contributed by atoms with Gasteiger partial charge in [-0.05, 0) is 41.5 Å². The lowest BCUT2D eigenvalue weighted by molar-refractivity contribution is -0.127. The van der Waals surface area contributed by atoms with Crippen molar-refractivity contribution in [3.63, 3.8) is 0 Å². The second-order valence-electron chi connectivity index (χ2n) is 5.47. The van der Waals surface area contributed by atoms with E-state index in [0.29, 0.717) is 12.3 Å². The monoisotopic (exact) mass is 305 g/mol. The lowest BCUT2D eigenvalue weighted by Crippen LogP contribution is -2.35. The topological polar surface area (TPSA) is 38.3 Å². The molecule has 0 heterocycles. The summed E-state index contributed by atoms with van der Waals surface area (Å²) in [6.07, 6.45) is -0.530. The van der Waals surface area contributed by atoms with Gasteiger partial charge in [0.15, 0.2) is 6.10 Å². The van der Waals surface area contributed by atoms with Crippen molar-refractivity contribution < 1.29 is 9.53 Å². The van der Waals surface area contributed by atoms with E-state index in [1.807, 2.05) is 48.5 Å². The number of nitrogens with one attached hydrogen (secondary N) is 1. The van der Waals surface area contributed by atoms with E-state index in [9.17, 15) is 4.79 Å². The van der Waals surface area contributed by atoms with Crippen molar-refractivity contribution in [3.8, 4) is 5.75 Å². The van der Waals surface area contributed by atoms with Crippen molar-refractivity contribution in [3.05, 3.63) is 78.4 Å². The fourth-order valence-electron chi connectivity index (χ4n) is 2.44. The van der Waals surface area contributed by atoms with Crippen molar-refractivity contribution in [1.29, 1.82) is 0 Å². The number of amides is 1. The number of para-hydroxylation sites is 1. The second kappa shape index (κ2) is 6.97. The Bertz CT molecular complexity index is 799. The number of hydrogen-bond acceptors (Lipinski definition) is 2. The standard InChI is InChI=1S/C20H19NO2/c1-15(23-19-9-3-2-4-10-19)20(22)21-14-16-11-12-17-7-5-6-8-18(17)13-16/h2-13,15H,14H2,1H3,(H,21,22)/t15-/m1/s1. The molecule has 0 aliphatic carbocycles. The van der Waals surface area contributed by atoms with Gasteiger partial charge in [0.2, 0.25) is 0 Å². The first kappa shape index (κ1) is 15.1. The van der Waals surface area contributed by atoms with E-state index in [4.69, 9.17) is 4.74 Å². The molecule has 0 saturated heterocycles. The average Bonchev–Trinajstić information content (AvgIpc) is 2.60. The summed E-state index contributed by atoms with van der Waals surface area (Å²) in [6.45, 7) is 2.24. The molecule has 3 nitrogen and oxygen atoms in total. The summed E-state index contributed by atoms with van der Waals surface area (Å²) in [4.78, 5) is 12.1. The van der Waals surface area contributed by atoms with Crippen molar-refractivity contribution in [1.82, 2.24) is 5.32 Å². The van der Waals surface area contributed by atoms with Gasteiger partial charge in [-0.1, -0.05) is 54.6 Å². The Morgan fingerprint density at radius 3 is 2.43 bits per heavy atom. The fraction of sp³-hybridized carbons (Fsp3) is 0.150. The maximum atomic E-state index is 12.1. The highest BCUT2D eigenvalue weighted by molar-refractivity contribution is 5.83. The highest BCUT2D eigenvalue weighted by Crippen LogP contribution is 2.15. The van der Waals surface area contributed by atoms with E-state index < -0.39 is 6.10 Å². The molecule has 0 aliphatic rings. The summed E-state index contributed by atoms with van der Waals surface area (Å²) in [5.41, 5.74) is 1.07. The fourth-order valence-corrected chi connectivity index (χ4v) is 2.44. The van der Waals surface area contributed by atoms with Gasteiger partial charge in [-0.25, -0.2) is 0 Å². The van der Waals surface area contributed by atoms with Gasteiger partial charge >= 0.3 is 0 Å². The summed E-state index contributed by atoms with van der Waals surface area (Å²) >= 11 is 0. The van der Waals surface area contributed by atoms with E-state index in [-0.39, 0.29) is 5.91 Å². The van der Waals surface area contributed by atoms with Crippen LogP contribution in [0.4, 0.5) is 0 Å². The molecule has 3 heteroatoms. The number of rotatable bonds is 5. The molecule has 1 N–H and O–H groups in total. The molecule has 0 fully saturated rings. The molecule has 0 spiro atoms. The third-order valence-electron chi connectivity index (χ3n) is 3.71. The first-order valence-corrected chi connectivity index (χ1v) is 7.69. The van der Waals surface area contributed by atoms with Crippen molar-refractivity contribution >= 4 is 16.7 Å². The lowest BCUT2D eigenvalue weighted by Gasteiger charge is -2.14. The normalized spacial score (nSPS) is 11.9. The van der Waals surface area contributed by atoms with E-state index in [0.717, 1.165) is 5.56 Å². The lowest BCUT2D eigenvalue weighted by atomic mass is 10.1. The van der Waals surface area contributed by atoms with Crippen LogP contribution < -0.4 is 10.1 Å². The quantitative estimate of drug-likeness (QED) is 0.776. The van der Waals surface area contributed by atoms with Gasteiger partial charge in [0, 0.05) is 6.54 Å². The molecule has 0 bridgehead atoms. The van der Waals surface area contributed by atoms with Gasteiger partial charge in [0.05, 0.1) is 0 Å². The molecule has 0 aliphatic heterocycles. The molecule has 3 aromatic rings. The summed E-state index contributed by atoms with van der Waals surface area (Å²) in [6, 6.07) is 23.7. The average molecular weight is 305 g/mol. The molecule has 0 radical (unpaired) electrons. The molecule has 0 aromatic heterocycles. The molecule has 0 saturated carbocycles. The summed E-state index contributed by atoms with van der Waals surface area (Å²) in [5.74, 6) is 0.572. The number of carbonyl (C=O) groups excluding carboxylic acids is 1. The molecule has 23 heavy (non-hydrogen) atoms. The molecular weight excluding hydrogens is 286 g/mol. The Morgan fingerprint density at radius 1 is 0.957 bits per heavy atom. The minimum Gasteiger partial charge on any atom is -0.481 e. The smallest absolute Gasteiger partial charge is 0.261 e. The second-order valence-corrected chi connectivity index (χ2v) is 5.47. The number of hydrogen-bond donors (Lipinski definition) is 1. The SMILES string of the molecule is C[C@@H](Oc1ccccc1)C(=O)NCc1ccc2ccccc2c1. The van der Waals surface area contributed by atoms with Crippen molar-refractivity contribution in [2.45, 2.75) is 19.6 Å². The third kappa shape index (κ3) is 3.89. The number of ether oxygens (including phenoxy) is 1. The van der Waals surface area contributed by atoms with Crippen LogP contribution in [0.5, 0.6) is 5.75 Å². The number of carbonyl (C=O) groups is 1. The Morgan fingerprint density at radius 2 is 1.65 bits per heavy atom. The number of fused-ring (bicyclic) bond motifs is 1. The van der Waals surface area contributed by atoms with E-state index >= 15 is 0 Å². The number of benzene rings is 3. The predicted octanol–water partition coefficient (Wildman–Crippen LogP) is 3.92. The van der Waals surface area contributed by atoms with Gasteiger partial charge < -0.3 is 10.1 Å². The molecule has 1 amide bonds. The third-order valence-corrected chi connectivity index (χ3v) is 3.71. The van der Waals surface area contributed by atoms with Crippen LogP contribution >= 0.6 is 0 Å². The van der Waals surface area contributed by atoms with Crippen LogP contribution in [-0.4, -0.2) is 12.0 Å². The summed E-state index contributed by atoms with van der Waals surface area (Å²) in [5, 5.41) is 5.29. The first-order valence-electron chi connectivity index (χ1n) is 7.69. The van der Waals surface area contributed by atoms with E-state index in [1.54, 1.807) is 6.92 Å². The van der Waals surface area contributed by atoms with Gasteiger partial charge in [0.1, 0.15) is 5.75 Å². The van der Waals surface area contributed by atoms with Gasteiger partial charge in [-0.2, -0.15) is 0 Å². The van der Waals surface area contributed by atoms with Gasteiger partial charge in [-0.3, -0.25) is 4.79 Å². The summed E-state index contributed by atoms with van der Waals surface area (Å²) < 4.78 is 5.62. The van der Waals surface area contributed by atoms with Crippen LogP contribution in [0.2, 0.25) is 0 Å². The molecule has 116 valence electrons. The zero-order valence-electron chi connectivity index (χ0n) is 13.0. The van der Waals surface area contributed by atoms with Crippen LogP contribution in [0.25, 0.3) is 10.8 Å². The molecule has 3 rings (SSSR count). The van der Waals surface area contributed by atoms with Crippen molar-refractivity contribution in [2.75, 3.05) is 0 Å². The molecule has 3 aromatic carbocycles. The van der Waals surface area contributed by atoms with Crippen LogP contribution in [0.3, 0.4) is 0 Å². The van der Waals surface area contributed by atoms with Gasteiger partial charge in [-0.15, -0.1) is 0 Å². The Hall–Kier alpha value is -2.81. The van der Waals surface area contributed by atoms with Crippen molar-refractivity contribution in [2.24, 2.45) is 0 Å². The zero-order valence-corrected chi connectivity index (χ0v) is 13.0. The van der Waals surface area contributed by atoms with Crippen LogP contribution in [0.1, 0.15) is 12.5 Å². The zero-order chi connectivity index (χ0) is 16.1. The maximum Gasteiger partial charge on any atom is 0.261 e. The minimum absolute atomic E-state index is 0.123. The highest BCUT2D eigenvalue weighted by atomic mass is 16.5. The first-order chi connectivity index (χ1) is 11.2. The van der Waals surface area contributed by atoms with Crippen LogP contribution in [-0.2, 0) is 11.3 Å². The molecule has 0 unspecified atom stereocenters. The van der Waals surface area contributed by atoms with Gasteiger partial charge in [0.25, 0.3) is 5.91 Å². The highest BCUT2D eigenvalue weighted by Gasteiger charge is 2.14. The Labute approximate surface area is 135 Å². The molecular formula is C20H19NO2. The largest absolute Gasteiger partial charge is 0.481 e. The Balaban J connectivity index is 1.59. The van der Waals surface area contributed by atoms with Crippen LogP contribution in [0.15, 0.2) is 72.8 Å².